The number of ether oxygens (including phenoxy) is 1. The molecule has 0 saturated heterocycles. The van der Waals surface area contributed by atoms with Gasteiger partial charge in [-0.3, -0.25) is 9.59 Å². The number of rotatable bonds is 9. The van der Waals surface area contributed by atoms with Gasteiger partial charge in [0.2, 0.25) is 11.8 Å². The Morgan fingerprint density at radius 3 is 2.15 bits per heavy atom. The monoisotopic (exact) mass is 368 g/mol. The second kappa shape index (κ2) is 10.4. The van der Waals surface area contributed by atoms with Crippen molar-refractivity contribution in [1.29, 1.82) is 0 Å². The predicted molar refractivity (Wildman–Crippen MR) is 108 cm³/mol. The molecule has 5 heteroatoms. The lowest BCUT2D eigenvalue weighted by Gasteiger charge is -2.09. The molecule has 2 aromatic rings. The summed E-state index contributed by atoms with van der Waals surface area (Å²) in [6.07, 6.45) is 1.46. The van der Waals surface area contributed by atoms with E-state index >= 15 is 0 Å². The Morgan fingerprint density at radius 2 is 1.56 bits per heavy atom. The van der Waals surface area contributed by atoms with E-state index in [0.717, 1.165) is 22.6 Å². The van der Waals surface area contributed by atoms with Crippen molar-refractivity contribution in [3.63, 3.8) is 0 Å². The summed E-state index contributed by atoms with van der Waals surface area (Å²) in [7, 11) is 1.61. The first-order valence-electron chi connectivity index (χ1n) is 9.24. The Hall–Kier alpha value is -2.82. The first kappa shape index (κ1) is 20.5. The zero-order valence-corrected chi connectivity index (χ0v) is 16.2. The van der Waals surface area contributed by atoms with Gasteiger partial charge in [-0.05, 0) is 47.7 Å². The molecule has 27 heavy (non-hydrogen) atoms. The van der Waals surface area contributed by atoms with Crippen LogP contribution in [0, 0.1) is 5.92 Å². The molecule has 0 fully saturated rings. The third-order valence-electron chi connectivity index (χ3n) is 4.11. The summed E-state index contributed by atoms with van der Waals surface area (Å²) in [6.45, 7) is 4.85. The summed E-state index contributed by atoms with van der Waals surface area (Å²) in [5.74, 6) is 1.23. The number of carbonyl (C=O) groups excluding carboxylic acids is 2. The van der Waals surface area contributed by atoms with Gasteiger partial charge in [0.25, 0.3) is 0 Å². The third-order valence-corrected chi connectivity index (χ3v) is 4.11. The van der Waals surface area contributed by atoms with Gasteiger partial charge in [0.05, 0.1) is 13.5 Å². The topological polar surface area (TPSA) is 67.4 Å². The second-order valence-electron chi connectivity index (χ2n) is 6.97. The van der Waals surface area contributed by atoms with Crippen LogP contribution in [-0.4, -0.2) is 25.5 Å². The van der Waals surface area contributed by atoms with Crippen molar-refractivity contribution < 1.29 is 14.3 Å². The molecule has 5 nitrogen and oxygen atoms in total. The van der Waals surface area contributed by atoms with Crippen LogP contribution in [0.2, 0.25) is 0 Å². The van der Waals surface area contributed by atoms with Crippen molar-refractivity contribution in [2.24, 2.45) is 5.92 Å². The van der Waals surface area contributed by atoms with Crippen LogP contribution in [0.25, 0.3) is 0 Å². The van der Waals surface area contributed by atoms with E-state index in [1.807, 2.05) is 48.5 Å². The first-order valence-corrected chi connectivity index (χ1v) is 9.24. The van der Waals surface area contributed by atoms with E-state index in [2.05, 4.69) is 24.5 Å². The fourth-order valence-electron chi connectivity index (χ4n) is 2.55. The van der Waals surface area contributed by atoms with Gasteiger partial charge in [0, 0.05) is 18.7 Å². The normalized spacial score (nSPS) is 10.5. The van der Waals surface area contributed by atoms with Crippen molar-refractivity contribution in [2.45, 2.75) is 33.1 Å². The third kappa shape index (κ3) is 7.52. The van der Waals surface area contributed by atoms with Gasteiger partial charge in [-0.2, -0.15) is 0 Å². The molecule has 0 unspecified atom stereocenters. The SMILES string of the molecule is COc1ccc(CC(=O)Nc2ccc(CCC(=O)NCC(C)C)cc2)cc1. The maximum absolute atomic E-state index is 12.2. The van der Waals surface area contributed by atoms with Gasteiger partial charge in [-0.1, -0.05) is 38.1 Å². The molecule has 2 N–H and O–H groups in total. The van der Waals surface area contributed by atoms with Crippen LogP contribution in [0.15, 0.2) is 48.5 Å². The summed E-state index contributed by atoms with van der Waals surface area (Å²) in [4.78, 5) is 23.9. The summed E-state index contributed by atoms with van der Waals surface area (Å²) >= 11 is 0. The molecule has 2 amide bonds. The average Bonchev–Trinajstić information content (AvgIpc) is 2.66. The summed E-state index contributed by atoms with van der Waals surface area (Å²) in [5, 5.41) is 5.81. The Bertz CT molecular complexity index is 737. The van der Waals surface area contributed by atoms with Gasteiger partial charge < -0.3 is 15.4 Å². The summed E-state index contributed by atoms with van der Waals surface area (Å²) < 4.78 is 5.11. The van der Waals surface area contributed by atoms with E-state index in [1.165, 1.54) is 0 Å². The molecule has 0 aliphatic carbocycles. The number of hydrogen-bond donors (Lipinski definition) is 2. The number of anilines is 1. The molecule has 0 bridgehead atoms. The Balaban J connectivity index is 1.78. The number of carbonyl (C=O) groups is 2. The molecule has 0 aliphatic heterocycles. The minimum atomic E-state index is -0.0685. The van der Waals surface area contributed by atoms with Gasteiger partial charge in [-0.15, -0.1) is 0 Å². The number of methoxy groups -OCH3 is 1. The van der Waals surface area contributed by atoms with E-state index in [-0.39, 0.29) is 11.8 Å². The van der Waals surface area contributed by atoms with Crippen molar-refractivity contribution in [3.05, 3.63) is 59.7 Å². The molecule has 0 spiro atoms. The van der Waals surface area contributed by atoms with Crippen LogP contribution >= 0.6 is 0 Å². The van der Waals surface area contributed by atoms with Crippen LogP contribution < -0.4 is 15.4 Å². The molecule has 0 atom stereocenters. The summed E-state index contributed by atoms with van der Waals surface area (Å²) in [5.41, 5.74) is 2.75. The highest BCUT2D eigenvalue weighted by Gasteiger charge is 2.06. The maximum atomic E-state index is 12.2. The average molecular weight is 368 g/mol. The Kier molecular flexibility index (Phi) is 7.86. The minimum Gasteiger partial charge on any atom is -0.497 e. The van der Waals surface area contributed by atoms with Gasteiger partial charge in [0.1, 0.15) is 5.75 Å². The van der Waals surface area contributed by atoms with Crippen LogP contribution in [0.5, 0.6) is 5.75 Å². The zero-order chi connectivity index (χ0) is 19.6. The van der Waals surface area contributed by atoms with Crippen molar-refractivity contribution in [2.75, 3.05) is 19.0 Å². The van der Waals surface area contributed by atoms with Crippen molar-refractivity contribution in [3.8, 4) is 5.75 Å². The van der Waals surface area contributed by atoms with Crippen molar-refractivity contribution >= 4 is 17.5 Å². The highest BCUT2D eigenvalue weighted by atomic mass is 16.5. The fourth-order valence-corrected chi connectivity index (χ4v) is 2.55. The molecular formula is C22H28N2O3. The standard InChI is InChI=1S/C22H28N2O3/c1-16(2)15-23-21(25)13-8-17-4-9-19(10-5-17)24-22(26)14-18-6-11-20(27-3)12-7-18/h4-7,9-12,16H,8,13-15H2,1-3H3,(H,23,25)(H,24,26). The molecule has 0 aromatic heterocycles. The molecule has 2 rings (SSSR count). The molecule has 144 valence electrons. The highest BCUT2D eigenvalue weighted by Crippen LogP contribution is 2.14. The molecule has 0 saturated carbocycles. The predicted octanol–water partition coefficient (Wildman–Crippen LogP) is 3.58. The lowest BCUT2D eigenvalue weighted by molar-refractivity contribution is -0.121. The molecule has 2 aromatic carbocycles. The maximum Gasteiger partial charge on any atom is 0.228 e. The largest absolute Gasteiger partial charge is 0.497 e. The number of amides is 2. The smallest absolute Gasteiger partial charge is 0.228 e. The van der Waals surface area contributed by atoms with Crippen LogP contribution in [-0.2, 0) is 22.4 Å². The number of benzene rings is 2. The van der Waals surface area contributed by atoms with Gasteiger partial charge >= 0.3 is 0 Å². The first-order chi connectivity index (χ1) is 13.0. The molecule has 0 heterocycles. The van der Waals surface area contributed by atoms with Crippen LogP contribution in [0.1, 0.15) is 31.4 Å². The van der Waals surface area contributed by atoms with E-state index in [4.69, 9.17) is 4.74 Å². The highest BCUT2D eigenvalue weighted by molar-refractivity contribution is 5.92. The van der Waals surface area contributed by atoms with Gasteiger partial charge in [0.15, 0.2) is 0 Å². The van der Waals surface area contributed by atoms with E-state index in [0.29, 0.717) is 31.7 Å². The van der Waals surface area contributed by atoms with Crippen LogP contribution in [0.4, 0.5) is 5.69 Å². The summed E-state index contributed by atoms with van der Waals surface area (Å²) in [6, 6.07) is 15.1. The fraction of sp³-hybridized carbons (Fsp3) is 0.364. The zero-order valence-electron chi connectivity index (χ0n) is 16.2. The Morgan fingerprint density at radius 1 is 0.926 bits per heavy atom. The number of hydrogen-bond acceptors (Lipinski definition) is 3. The van der Waals surface area contributed by atoms with E-state index in [9.17, 15) is 9.59 Å². The second-order valence-corrected chi connectivity index (χ2v) is 6.97. The van der Waals surface area contributed by atoms with Gasteiger partial charge in [-0.25, -0.2) is 0 Å². The number of nitrogens with one attached hydrogen (secondary N) is 2. The van der Waals surface area contributed by atoms with Crippen LogP contribution in [0.3, 0.4) is 0 Å². The minimum absolute atomic E-state index is 0.0685. The van der Waals surface area contributed by atoms with Crippen molar-refractivity contribution in [1.82, 2.24) is 5.32 Å². The quantitative estimate of drug-likeness (QED) is 0.711. The molecule has 0 aliphatic rings. The number of aryl methyl sites for hydroxylation is 1. The Labute approximate surface area is 161 Å². The van der Waals surface area contributed by atoms with E-state index < -0.39 is 0 Å². The lowest BCUT2D eigenvalue weighted by Crippen LogP contribution is -2.27. The molecular weight excluding hydrogens is 340 g/mol. The van der Waals surface area contributed by atoms with E-state index in [1.54, 1.807) is 7.11 Å². The lowest BCUT2D eigenvalue weighted by atomic mass is 10.1. The molecule has 0 radical (unpaired) electrons.